The van der Waals surface area contributed by atoms with Gasteiger partial charge in [0.1, 0.15) is 34.4 Å². The van der Waals surface area contributed by atoms with Crippen LogP contribution in [0.1, 0.15) is 48.8 Å². The number of aryl methyl sites for hydroxylation is 1. The van der Waals surface area contributed by atoms with Gasteiger partial charge >= 0.3 is 6.09 Å². The molecule has 2 amide bonds. The maximum absolute atomic E-state index is 12.6. The first-order valence-electron chi connectivity index (χ1n) is 13.6. The third-order valence-corrected chi connectivity index (χ3v) is 8.58. The molecule has 2 aliphatic heterocycles. The molecule has 3 aliphatic rings. The lowest BCUT2D eigenvalue weighted by atomic mass is 9.87. The summed E-state index contributed by atoms with van der Waals surface area (Å²) in [6.45, 7) is 7.12. The van der Waals surface area contributed by atoms with E-state index in [9.17, 15) is 9.59 Å². The Morgan fingerprint density at radius 3 is 2.73 bits per heavy atom. The molecule has 0 bridgehead atoms. The molecule has 0 saturated carbocycles. The number of fused-ring (bicyclic) bond motifs is 4. The highest BCUT2D eigenvalue weighted by molar-refractivity contribution is 7.19. The van der Waals surface area contributed by atoms with Crippen molar-refractivity contribution >= 4 is 51.3 Å². The van der Waals surface area contributed by atoms with Crippen LogP contribution in [0.5, 0.6) is 5.75 Å². The Morgan fingerprint density at radius 2 is 1.98 bits per heavy atom. The number of thiophene rings is 1. The first-order valence-corrected chi connectivity index (χ1v) is 14.4. The number of hydrogen-bond acceptors (Lipinski definition) is 9. The number of aromatic nitrogens is 2. The molecule has 6 rings (SSSR count). The number of amides is 2. The van der Waals surface area contributed by atoms with Crippen LogP contribution in [0.15, 0.2) is 23.5 Å². The van der Waals surface area contributed by atoms with Crippen LogP contribution in [0.3, 0.4) is 0 Å². The summed E-state index contributed by atoms with van der Waals surface area (Å²) in [6, 6.07) is 4.07. The lowest BCUT2D eigenvalue weighted by Crippen LogP contribution is -2.57. The van der Waals surface area contributed by atoms with Crippen molar-refractivity contribution < 1.29 is 19.1 Å². The van der Waals surface area contributed by atoms with Crippen LogP contribution < -0.4 is 10.1 Å². The number of likely N-dealkylation sites (tertiary alicyclic amines) is 1. The van der Waals surface area contributed by atoms with E-state index in [1.54, 1.807) is 27.5 Å². The largest absolute Gasteiger partial charge is 0.485 e. The lowest BCUT2D eigenvalue weighted by Gasteiger charge is -2.39. The topological polar surface area (TPSA) is 109 Å². The molecular weight excluding hydrogens is 528 g/mol. The van der Waals surface area contributed by atoms with Crippen molar-refractivity contribution in [3.63, 3.8) is 0 Å². The van der Waals surface area contributed by atoms with Crippen molar-refractivity contribution in [1.82, 2.24) is 19.8 Å². The van der Waals surface area contributed by atoms with Gasteiger partial charge in [-0.2, -0.15) is 0 Å². The predicted octanol–water partition coefficient (Wildman–Crippen LogP) is 4.56. The van der Waals surface area contributed by atoms with Crippen LogP contribution in [0, 0.1) is 5.92 Å². The Bertz CT molecular complexity index is 1520. The van der Waals surface area contributed by atoms with Crippen LogP contribution in [0.25, 0.3) is 10.2 Å². The van der Waals surface area contributed by atoms with Gasteiger partial charge in [-0.3, -0.25) is 9.79 Å². The Hall–Kier alpha value is -3.73. The van der Waals surface area contributed by atoms with Gasteiger partial charge in [-0.1, -0.05) is 0 Å². The second kappa shape index (κ2) is 10.0. The van der Waals surface area contributed by atoms with Crippen LogP contribution in [-0.2, 0) is 28.9 Å². The number of carbonyl (C=O) groups excluding carboxylic acids is 2. The van der Waals surface area contributed by atoms with Crippen LogP contribution in [0.2, 0.25) is 0 Å². The van der Waals surface area contributed by atoms with Crippen molar-refractivity contribution in [3.05, 3.63) is 40.0 Å². The molecule has 40 heavy (non-hydrogen) atoms. The van der Waals surface area contributed by atoms with Gasteiger partial charge < -0.3 is 24.6 Å². The number of nitrogens with one attached hydrogen (secondary N) is 1. The molecule has 1 saturated heterocycles. The van der Waals surface area contributed by atoms with Crippen LogP contribution in [-0.4, -0.2) is 76.9 Å². The van der Waals surface area contributed by atoms with Gasteiger partial charge in [0.2, 0.25) is 5.91 Å². The fraction of sp³-hybridized carbons (Fsp3) is 0.483. The molecule has 3 aromatic rings. The van der Waals surface area contributed by atoms with Crippen LogP contribution >= 0.6 is 11.3 Å². The summed E-state index contributed by atoms with van der Waals surface area (Å²) >= 11 is 1.65. The smallest absolute Gasteiger partial charge is 0.410 e. The zero-order valence-electron chi connectivity index (χ0n) is 23.5. The van der Waals surface area contributed by atoms with Crippen molar-refractivity contribution in [2.24, 2.45) is 10.9 Å². The maximum Gasteiger partial charge on any atom is 0.410 e. The Kier molecular flexibility index (Phi) is 6.64. The molecule has 1 aliphatic carbocycles. The van der Waals surface area contributed by atoms with E-state index in [1.165, 1.54) is 10.4 Å². The van der Waals surface area contributed by atoms with Gasteiger partial charge in [0.05, 0.1) is 30.7 Å². The fourth-order valence-corrected chi connectivity index (χ4v) is 6.68. The molecule has 11 heteroatoms. The number of hydrogen-bond donors (Lipinski definition) is 1. The highest BCUT2D eigenvalue weighted by Crippen LogP contribution is 2.42. The summed E-state index contributed by atoms with van der Waals surface area (Å²) in [6.07, 6.45) is 5.34. The monoisotopic (exact) mass is 562 g/mol. The molecule has 1 atom stereocenters. The summed E-state index contributed by atoms with van der Waals surface area (Å²) in [5.41, 5.74) is 3.62. The zero-order chi connectivity index (χ0) is 28.2. The van der Waals surface area contributed by atoms with Crippen molar-refractivity contribution in [1.29, 1.82) is 0 Å². The number of carbonyl (C=O) groups is 2. The number of benzene rings is 1. The Balaban J connectivity index is 1.25. The third-order valence-electron chi connectivity index (χ3n) is 7.42. The van der Waals surface area contributed by atoms with E-state index in [0.29, 0.717) is 25.4 Å². The molecule has 1 aromatic carbocycles. The van der Waals surface area contributed by atoms with Gasteiger partial charge in [0, 0.05) is 31.1 Å². The quantitative estimate of drug-likeness (QED) is 0.486. The van der Waals surface area contributed by atoms with E-state index in [1.807, 2.05) is 53.2 Å². The standard InChI is InChI=1S/C29H34N6O4S/c1-29(2,3)39-28(37)35-13-19(14-35)38-22-9-18-12-30-11-17(18)8-21(22)33-25-24-20-7-6-16(27(36)34(4)5)10-23(20)40-26(24)32-15-31-25/h8-9,11,15-16,19H,6-7,10,12-14H2,1-5H3,(H,31,32,33)/t16-/m0/s1. The summed E-state index contributed by atoms with van der Waals surface area (Å²) in [7, 11) is 3.63. The molecule has 0 unspecified atom stereocenters. The highest BCUT2D eigenvalue weighted by atomic mass is 32.1. The molecule has 210 valence electrons. The molecule has 1 N–H and O–H groups in total. The van der Waals surface area contributed by atoms with Gasteiger partial charge in [0.25, 0.3) is 0 Å². The van der Waals surface area contributed by atoms with Crippen molar-refractivity contribution in [3.8, 4) is 5.75 Å². The van der Waals surface area contributed by atoms with Crippen molar-refractivity contribution in [2.75, 3.05) is 32.5 Å². The number of ether oxygens (including phenoxy) is 2. The molecule has 2 aromatic heterocycles. The van der Waals surface area contributed by atoms with E-state index in [-0.39, 0.29) is 24.0 Å². The number of rotatable bonds is 5. The Morgan fingerprint density at radius 1 is 1.18 bits per heavy atom. The van der Waals surface area contributed by atoms with E-state index >= 15 is 0 Å². The maximum atomic E-state index is 12.6. The van der Waals surface area contributed by atoms with E-state index in [0.717, 1.165) is 52.1 Å². The van der Waals surface area contributed by atoms with Gasteiger partial charge in [-0.15, -0.1) is 11.3 Å². The second-order valence-corrected chi connectivity index (χ2v) is 12.9. The van der Waals surface area contributed by atoms with Gasteiger partial charge in [-0.05, 0) is 68.9 Å². The number of aliphatic imine (C=N–C) groups is 1. The van der Waals surface area contributed by atoms with E-state index in [2.05, 4.69) is 20.3 Å². The third kappa shape index (κ3) is 5.10. The first-order chi connectivity index (χ1) is 19.1. The summed E-state index contributed by atoms with van der Waals surface area (Å²) in [5, 5.41) is 4.55. The summed E-state index contributed by atoms with van der Waals surface area (Å²) in [4.78, 5) is 44.1. The fourth-order valence-electron chi connectivity index (χ4n) is 5.41. The van der Waals surface area contributed by atoms with Gasteiger partial charge in [0.15, 0.2) is 0 Å². The first kappa shape index (κ1) is 26.5. The normalized spacial score (nSPS) is 18.2. The molecular formula is C29H34N6O4S. The van der Waals surface area contributed by atoms with Crippen LogP contribution in [0.4, 0.5) is 16.3 Å². The average Bonchev–Trinajstić information content (AvgIpc) is 3.47. The minimum absolute atomic E-state index is 0.00125. The highest BCUT2D eigenvalue weighted by Gasteiger charge is 2.36. The zero-order valence-corrected chi connectivity index (χ0v) is 24.3. The SMILES string of the molecule is CN(C)C(=O)[C@H]1CCc2c(sc3ncnc(Nc4cc5c(cc4OC4CN(C(=O)OC(C)(C)C)C4)CN=C5)c23)C1. The Labute approximate surface area is 237 Å². The molecule has 10 nitrogen and oxygen atoms in total. The average molecular weight is 563 g/mol. The predicted molar refractivity (Wildman–Crippen MR) is 155 cm³/mol. The van der Waals surface area contributed by atoms with E-state index < -0.39 is 5.60 Å². The molecule has 0 radical (unpaired) electrons. The van der Waals surface area contributed by atoms with Gasteiger partial charge in [-0.25, -0.2) is 14.8 Å². The number of anilines is 2. The lowest BCUT2D eigenvalue weighted by molar-refractivity contribution is -0.133. The molecule has 4 heterocycles. The minimum atomic E-state index is -0.535. The second-order valence-electron chi connectivity index (χ2n) is 11.8. The minimum Gasteiger partial charge on any atom is -0.485 e. The molecule has 1 fully saturated rings. The summed E-state index contributed by atoms with van der Waals surface area (Å²) in [5.74, 6) is 1.60. The van der Waals surface area contributed by atoms with Crippen molar-refractivity contribution in [2.45, 2.75) is 58.3 Å². The number of nitrogens with zero attached hydrogens (tertiary/aromatic N) is 5. The van der Waals surface area contributed by atoms with E-state index in [4.69, 9.17) is 9.47 Å². The molecule has 0 spiro atoms. The summed E-state index contributed by atoms with van der Waals surface area (Å²) < 4.78 is 11.9.